The molecule has 0 saturated heterocycles. The van der Waals surface area contributed by atoms with Crippen LogP contribution in [0.25, 0.3) is 5.65 Å². The number of nitrogens with one attached hydrogen (secondary N) is 1. The van der Waals surface area contributed by atoms with Crippen molar-refractivity contribution in [2.24, 2.45) is 7.05 Å². The molecule has 0 amide bonds. The van der Waals surface area contributed by atoms with E-state index in [2.05, 4.69) is 30.9 Å². The molecule has 0 aliphatic carbocycles. The number of hydrogen-bond acceptors (Lipinski definition) is 7. The van der Waals surface area contributed by atoms with Gasteiger partial charge in [-0.25, -0.2) is 4.98 Å². The molecule has 9 nitrogen and oxygen atoms in total. The van der Waals surface area contributed by atoms with Gasteiger partial charge in [-0.05, 0) is 40.3 Å². The summed E-state index contributed by atoms with van der Waals surface area (Å²) in [4.78, 5) is 4.48. The van der Waals surface area contributed by atoms with E-state index >= 15 is 0 Å². The molecule has 1 aromatic carbocycles. The maximum absolute atomic E-state index is 5.24. The molecule has 4 aromatic rings. The van der Waals surface area contributed by atoms with Crippen molar-refractivity contribution < 1.29 is 4.74 Å². The van der Waals surface area contributed by atoms with Gasteiger partial charge in [0.05, 0.1) is 7.11 Å². The highest BCUT2D eigenvalue weighted by molar-refractivity contribution is 5.46. The van der Waals surface area contributed by atoms with Gasteiger partial charge < -0.3 is 14.6 Å². The van der Waals surface area contributed by atoms with Crippen molar-refractivity contribution in [1.82, 2.24) is 34.8 Å². The van der Waals surface area contributed by atoms with Crippen molar-refractivity contribution in [2.45, 2.75) is 6.04 Å². The number of hydrogen-bond donors (Lipinski definition) is 1. The van der Waals surface area contributed by atoms with Gasteiger partial charge in [-0.1, -0.05) is 12.1 Å². The number of anilines is 1. The molecule has 0 bridgehead atoms. The molecule has 1 atom stereocenters. The van der Waals surface area contributed by atoms with Gasteiger partial charge in [-0.2, -0.15) is 0 Å². The SMILES string of the molecule is COc1ccc([C@@H](Nc2ccc3nnnn3n2)c2nccn2C)cc1. The summed E-state index contributed by atoms with van der Waals surface area (Å²) >= 11 is 0. The Morgan fingerprint density at radius 2 is 1.96 bits per heavy atom. The van der Waals surface area contributed by atoms with Crippen LogP contribution in [-0.4, -0.2) is 41.9 Å². The van der Waals surface area contributed by atoms with Crippen molar-refractivity contribution in [3.63, 3.8) is 0 Å². The van der Waals surface area contributed by atoms with E-state index in [9.17, 15) is 0 Å². The van der Waals surface area contributed by atoms with Gasteiger partial charge in [0.2, 0.25) is 0 Å². The summed E-state index contributed by atoms with van der Waals surface area (Å²) in [6, 6.07) is 11.3. The number of nitrogens with zero attached hydrogens (tertiary/aromatic N) is 7. The average molecular weight is 336 g/mol. The lowest BCUT2D eigenvalue weighted by Crippen LogP contribution is -2.18. The molecule has 25 heavy (non-hydrogen) atoms. The van der Waals surface area contributed by atoms with E-state index < -0.39 is 0 Å². The van der Waals surface area contributed by atoms with E-state index in [-0.39, 0.29) is 6.04 Å². The second kappa shape index (κ2) is 6.19. The zero-order chi connectivity index (χ0) is 17.2. The first-order chi connectivity index (χ1) is 12.2. The van der Waals surface area contributed by atoms with E-state index in [0.29, 0.717) is 11.5 Å². The number of ether oxygens (including phenoxy) is 1. The van der Waals surface area contributed by atoms with Gasteiger partial charge in [0.1, 0.15) is 23.4 Å². The first-order valence-corrected chi connectivity index (χ1v) is 7.68. The Morgan fingerprint density at radius 1 is 1.12 bits per heavy atom. The minimum Gasteiger partial charge on any atom is -0.497 e. The summed E-state index contributed by atoms with van der Waals surface area (Å²) in [5.74, 6) is 2.31. The Hall–Kier alpha value is -3.49. The third kappa shape index (κ3) is 2.87. The van der Waals surface area contributed by atoms with E-state index in [1.165, 1.54) is 4.63 Å². The van der Waals surface area contributed by atoms with Gasteiger partial charge in [0.15, 0.2) is 5.65 Å². The zero-order valence-electron chi connectivity index (χ0n) is 13.7. The molecule has 4 rings (SSSR count). The maximum atomic E-state index is 5.24. The molecule has 126 valence electrons. The molecule has 3 heterocycles. The molecule has 0 aliphatic heterocycles. The average Bonchev–Trinajstić information content (AvgIpc) is 3.28. The van der Waals surface area contributed by atoms with Crippen molar-refractivity contribution >= 4 is 11.5 Å². The van der Waals surface area contributed by atoms with Crippen LogP contribution in [-0.2, 0) is 7.05 Å². The van der Waals surface area contributed by atoms with Crippen LogP contribution in [0.2, 0.25) is 0 Å². The summed E-state index contributed by atoms with van der Waals surface area (Å²) in [5, 5.41) is 19.1. The summed E-state index contributed by atoms with van der Waals surface area (Å²) in [7, 11) is 3.60. The van der Waals surface area contributed by atoms with Crippen LogP contribution in [0.5, 0.6) is 5.75 Å². The molecular formula is C16H16N8O. The molecule has 1 N–H and O–H groups in total. The fourth-order valence-electron chi connectivity index (χ4n) is 2.62. The molecule has 0 spiro atoms. The molecule has 0 aliphatic rings. The van der Waals surface area contributed by atoms with Gasteiger partial charge in [0, 0.05) is 19.4 Å². The van der Waals surface area contributed by atoms with Crippen molar-refractivity contribution in [3.8, 4) is 5.75 Å². The third-order valence-corrected chi connectivity index (χ3v) is 3.93. The van der Waals surface area contributed by atoms with Crippen LogP contribution < -0.4 is 10.1 Å². The first-order valence-electron chi connectivity index (χ1n) is 7.68. The predicted octanol–water partition coefficient (Wildman–Crippen LogP) is 1.46. The van der Waals surface area contributed by atoms with E-state index in [4.69, 9.17) is 4.74 Å². The third-order valence-electron chi connectivity index (χ3n) is 3.93. The highest BCUT2D eigenvalue weighted by atomic mass is 16.5. The Labute approximate surface area is 143 Å². The lowest BCUT2D eigenvalue weighted by atomic mass is 10.1. The van der Waals surface area contributed by atoms with Crippen molar-refractivity contribution in [1.29, 1.82) is 0 Å². The zero-order valence-corrected chi connectivity index (χ0v) is 13.7. The van der Waals surface area contributed by atoms with Gasteiger partial charge in [-0.15, -0.1) is 14.8 Å². The number of fused-ring (bicyclic) bond motifs is 1. The predicted molar refractivity (Wildman–Crippen MR) is 90.2 cm³/mol. The van der Waals surface area contributed by atoms with Crippen LogP contribution >= 0.6 is 0 Å². The highest BCUT2D eigenvalue weighted by Gasteiger charge is 2.19. The second-order valence-electron chi connectivity index (χ2n) is 5.49. The second-order valence-corrected chi connectivity index (χ2v) is 5.49. The van der Waals surface area contributed by atoms with Crippen molar-refractivity contribution in [2.75, 3.05) is 12.4 Å². The molecule has 0 unspecified atom stereocenters. The molecule has 0 fully saturated rings. The highest BCUT2D eigenvalue weighted by Crippen LogP contribution is 2.26. The topological polar surface area (TPSA) is 95.1 Å². The van der Waals surface area contributed by atoms with E-state index in [1.807, 2.05) is 48.1 Å². The van der Waals surface area contributed by atoms with Crippen LogP contribution in [0.1, 0.15) is 17.4 Å². The normalized spacial score (nSPS) is 12.2. The fraction of sp³-hybridized carbons (Fsp3) is 0.188. The number of aryl methyl sites for hydroxylation is 1. The van der Waals surface area contributed by atoms with E-state index in [1.54, 1.807) is 19.4 Å². The lowest BCUT2D eigenvalue weighted by molar-refractivity contribution is 0.414. The Kier molecular flexibility index (Phi) is 3.73. The number of rotatable bonds is 5. The van der Waals surface area contributed by atoms with Crippen LogP contribution in [0.3, 0.4) is 0 Å². The summed E-state index contributed by atoms with van der Waals surface area (Å²) in [6.07, 6.45) is 3.68. The summed E-state index contributed by atoms with van der Waals surface area (Å²) in [6.45, 7) is 0. The quantitative estimate of drug-likeness (QED) is 0.589. The number of methoxy groups -OCH3 is 1. The first kappa shape index (κ1) is 15.1. The van der Waals surface area contributed by atoms with Crippen LogP contribution in [0.4, 0.5) is 5.82 Å². The summed E-state index contributed by atoms with van der Waals surface area (Å²) in [5.41, 5.74) is 1.62. The number of aromatic nitrogens is 7. The Bertz CT molecular complexity index is 991. The minimum absolute atomic E-state index is 0.188. The smallest absolute Gasteiger partial charge is 0.200 e. The van der Waals surface area contributed by atoms with Crippen LogP contribution in [0, 0.1) is 0 Å². The molecule has 0 saturated carbocycles. The number of imidazole rings is 1. The molecule has 9 heteroatoms. The van der Waals surface area contributed by atoms with Gasteiger partial charge >= 0.3 is 0 Å². The summed E-state index contributed by atoms with van der Waals surface area (Å²) < 4.78 is 8.59. The van der Waals surface area contributed by atoms with Gasteiger partial charge in [0.25, 0.3) is 0 Å². The fourth-order valence-corrected chi connectivity index (χ4v) is 2.62. The monoisotopic (exact) mass is 336 g/mol. The molecular weight excluding hydrogens is 320 g/mol. The Balaban J connectivity index is 1.72. The standard InChI is InChI=1S/C16H16N8O/c1-23-10-9-17-16(23)15(11-3-5-12(25-2)6-4-11)18-13-7-8-14-19-21-22-24(14)20-13/h3-10,15H,1-2H3,(H,18,20)/t15-/m1/s1. The number of tetrazole rings is 1. The van der Waals surface area contributed by atoms with E-state index in [0.717, 1.165) is 17.1 Å². The molecule has 0 radical (unpaired) electrons. The largest absolute Gasteiger partial charge is 0.497 e. The van der Waals surface area contributed by atoms with Gasteiger partial charge in [-0.3, -0.25) is 0 Å². The Morgan fingerprint density at radius 3 is 2.68 bits per heavy atom. The molecule has 3 aromatic heterocycles. The van der Waals surface area contributed by atoms with Crippen molar-refractivity contribution in [3.05, 3.63) is 60.2 Å². The minimum atomic E-state index is -0.188. The maximum Gasteiger partial charge on any atom is 0.200 e. The lowest BCUT2D eigenvalue weighted by Gasteiger charge is -2.19. The number of benzene rings is 1. The van der Waals surface area contributed by atoms with Crippen LogP contribution in [0.15, 0.2) is 48.8 Å².